The van der Waals surface area contributed by atoms with Crippen LogP contribution in [0.5, 0.6) is 0 Å². The molecule has 0 amide bonds. The molecule has 0 aliphatic heterocycles. The van der Waals surface area contributed by atoms with Gasteiger partial charge in [0.05, 0.1) is 0 Å². The van der Waals surface area contributed by atoms with Gasteiger partial charge in [0, 0.05) is 30.4 Å². The Morgan fingerprint density at radius 1 is 1.42 bits per heavy atom. The Bertz CT molecular complexity index is 458. The van der Waals surface area contributed by atoms with Crippen LogP contribution in [0.15, 0.2) is 12.1 Å². The number of carbonyl (C=O) groups excluding carboxylic acids is 1. The van der Waals surface area contributed by atoms with Crippen molar-refractivity contribution in [3.63, 3.8) is 0 Å². The third-order valence-corrected chi connectivity index (χ3v) is 3.15. The highest BCUT2D eigenvalue weighted by atomic mass is 19.1. The van der Waals surface area contributed by atoms with E-state index in [0.29, 0.717) is 24.1 Å². The topological polar surface area (TPSA) is 40.5 Å². The van der Waals surface area contributed by atoms with Crippen molar-refractivity contribution < 1.29 is 14.3 Å². The summed E-state index contributed by atoms with van der Waals surface area (Å²) < 4.78 is 13.6. The van der Waals surface area contributed by atoms with E-state index in [1.807, 2.05) is 18.7 Å². The zero-order valence-electron chi connectivity index (χ0n) is 12.0. The van der Waals surface area contributed by atoms with Crippen molar-refractivity contribution in [2.24, 2.45) is 0 Å². The minimum absolute atomic E-state index is 0.0960. The fourth-order valence-electron chi connectivity index (χ4n) is 2.08. The molecule has 0 bridgehead atoms. The summed E-state index contributed by atoms with van der Waals surface area (Å²) in [4.78, 5) is 13.7. The number of aliphatic hydroxyl groups is 1. The van der Waals surface area contributed by atoms with Crippen LogP contribution in [0.3, 0.4) is 0 Å². The summed E-state index contributed by atoms with van der Waals surface area (Å²) in [6.07, 6.45) is 0.617. The molecule has 106 valence electrons. The summed E-state index contributed by atoms with van der Waals surface area (Å²) in [6.45, 7) is 7.89. The lowest BCUT2D eigenvalue weighted by molar-refractivity contribution is 0.101. The standard InChI is InChI=1S/C15H22FNO2/c1-10(2)17(6-5-7-18)15-8-11(3)14(16)9-13(15)12(4)19/h8-10,18H,5-7H2,1-4H3. The summed E-state index contributed by atoms with van der Waals surface area (Å²) in [7, 11) is 0. The molecule has 0 fully saturated rings. The van der Waals surface area contributed by atoms with E-state index in [9.17, 15) is 9.18 Å². The summed E-state index contributed by atoms with van der Waals surface area (Å²) in [5, 5.41) is 8.97. The molecule has 1 N–H and O–H groups in total. The van der Waals surface area contributed by atoms with Crippen LogP contribution in [0.2, 0.25) is 0 Å². The van der Waals surface area contributed by atoms with Crippen LogP contribution < -0.4 is 4.90 Å². The highest BCUT2D eigenvalue weighted by Crippen LogP contribution is 2.26. The molecule has 3 nitrogen and oxygen atoms in total. The van der Waals surface area contributed by atoms with E-state index in [4.69, 9.17) is 5.11 Å². The summed E-state index contributed by atoms with van der Waals surface area (Å²) in [5.74, 6) is -0.511. The zero-order valence-corrected chi connectivity index (χ0v) is 12.0. The van der Waals surface area contributed by atoms with Crippen molar-refractivity contribution in [3.05, 3.63) is 29.1 Å². The third kappa shape index (κ3) is 3.77. The fraction of sp³-hybridized carbons (Fsp3) is 0.533. The zero-order chi connectivity index (χ0) is 14.6. The predicted octanol–water partition coefficient (Wildman–Crippen LogP) is 2.93. The smallest absolute Gasteiger partial charge is 0.161 e. The molecule has 1 aromatic carbocycles. The molecule has 0 aliphatic rings. The molecule has 19 heavy (non-hydrogen) atoms. The summed E-state index contributed by atoms with van der Waals surface area (Å²) >= 11 is 0. The Morgan fingerprint density at radius 2 is 2.05 bits per heavy atom. The number of nitrogens with zero attached hydrogens (tertiary/aromatic N) is 1. The lowest BCUT2D eigenvalue weighted by Crippen LogP contribution is -2.33. The minimum Gasteiger partial charge on any atom is -0.396 e. The second kappa shape index (κ2) is 6.66. The molecule has 0 aliphatic carbocycles. The molecular formula is C15H22FNO2. The van der Waals surface area contributed by atoms with Crippen LogP contribution >= 0.6 is 0 Å². The highest BCUT2D eigenvalue weighted by molar-refractivity contribution is 6.00. The first-order valence-electron chi connectivity index (χ1n) is 6.57. The second-order valence-corrected chi connectivity index (χ2v) is 5.04. The molecule has 0 unspecified atom stereocenters. The molecule has 1 aromatic rings. The van der Waals surface area contributed by atoms with Crippen molar-refractivity contribution >= 4 is 11.5 Å². The van der Waals surface area contributed by atoms with E-state index in [1.54, 1.807) is 13.0 Å². The van der Waals surface area contributed by atoms with Gasteiger partial charge in [0.1, 0.15) is 5.82 Å². The molecule has 0 atom stereocenters. The van der Waals surface area contributed by atoms with Crippen LogP contribution in [-0.4, -0.2) is 30.1 Å². The van der Waals surface area contributed by atoms with Gasteiger partial charge < -0.3 is 10.0 Å². The van der Waals surface area contributed by atoms with E-state index >= 15 is 0 Å². The average molecular weight is 267 g/mol. The molecule has 4 heteroatoms. The molecular weight excluding hydrogens is 245 g/mol. The molecule has 0 saturated heterocycles. The number of carbonyl (C=O) groups is 1. The van der Waals surface area contributed by atoms with Crippen LogP contribution in [0, 0.1) is 12.7 Å². The number of Topliss-reactive ketones (excluding diaryl/α,β-unsaturated/α-hetero) is 1. The fourth-order valence-corrected chi connectivity index (χ4v) is 2.08. The van der Waals surface area contributed by atoms with E-state index in [-0.39, 0.29) is 24.2 Å². The van der Waals surface area contributed by atoms with Crippen molar-refractivity contribution in [1.29, 1.82) is 0 Å². The van der Waals surface area contributed by atoms with Gasteiger partial charge in [-0.1, -0.05) is 0 Å². The van der Waals surface area contributed by atoms with Gasteiger partial charge in [-0.25, -0.2) is 4.39 Å². The van der Waals surface area contributed by atoms with Crippen molar-refractivity contribution in [2.45, 2.75) is 40.2 Å². The number of anilines is 1. The maximum atomic E-state index is 13.6. The first kappa shape index (κ1) is 15.6. The van der Waals surface area contributed by atoms with Crippen LogP contribution in [0.4, 0.5) is 10.1 Å². The second-order valence-electron chi connectivity index (χ2n) is 5.04. The average Bonchev–Trinajstić information content (AvgIpc) is 2.32. The lowest BCUT2D eigenvalue weighted by Gasteiger charge is -2.31. The van der Waals surface area contributed by atoms with E-state index in [0.717, 1.165) is 5.69 Å². The number of ketones is 1. The summed E-state index contributed by atoms with van der Waals surface area (Å²) in [6, 6.07) is 3.19. The van der Waals surface area contributed by atoms with Gasteiger partial charge in [-0.05, 0) is 51.8 Å². The molecule has 0 saturated carbocycles. The monoisotopic (exact) mass is 267 g/mol. The van der Waals surface area contributed by atoms with E-state index in [1.165, 1.54) is 13.0 Å². The Kier molecular flexibility index (Phi) is 5.48. The van der Waals surface area contributed by atoms with Gasteiger partial charge in [-0.2, -0.15) is 0 Å². The molecule has 0 aromatic heterocycles. The maximum absolute atomic E-state index is 13.6. The number of hydrogen-bond acceptors (Lipinski definition) is 3. The quantitative estimate of drug-likeness (QED) is 0.806. The van der Waals surface area contributed by atoms with Gasteiger partial charge in [0.25, 0.3) is 0 Å². The van der Waals surface area contributed by atoms with Crippen molar-refractivity contribution in [2.75, 3.05) is 18.1 Å². The Balaban J connectivity index is 3.27. The predicted molar refractivity (Wildman–Crippen MR) is 75.3 cm³/mol. The van der Waals surface area contributed by atoms with Crippen molar-refractivity contribution in [1.82, 2.24) is 0 Å². The first-order valence-corrected chi connectivity index (χ1v) is 6.57. The largest absolute Gasteiger partial charge is 0.396 e. The van der Waals surface area contributed by atoms with Crippen molar-refractivity contribution in [3.8, 4) is 0 Å². The number of benzene rings is 1. The number of aliphatic hydroxyl groups excluding tert-OH is 1. The van der Waals surface area contributed by atoms with Crippen LogP contribution in [0.1, 0.15) is 43.1 Å². The van der Waals surface area contributed by atoms with Gasteiger partial charge >= 0.3 is 0 Å². The van der Waals surface area contributed by atoms with Gasteiger partial charge in [0.2, 0.25) is 0 Å². The number of halogens is 1. The first-order chi connectivity index (χ1) is 8.88. The number of aryl methyl sites for hydroxylation is 1. The highest BCUT2D eigenvalue weighted by Gasteiger charge is 2.18. The SMILES string of the molecule is CC(=O)c1cc(F)c(C)cc1N(CCCO)C(C)C. The molecule has 0 heterocycles. The normalized spacial score (nSPS) is 10.9. The molecule has 1 rings (SSSR count). The Morgan fingerprint density at radius 3 is 2.53 bits per heavy atom. The number of hydrogen-bond donors (Lipinski definition) is 1. The Hall–Kier alpha value is -1.42. The molecule has 0 radical (unpaired) electrons. The van der Waals surface area contributed by atoms with Gasteiger partial charge in [-0.3, -0.25) is 4.79 Å². The van der Waals surface area contributed by atoms with E-state index < -0.39 is 0 Å². The third-order valence-electron chi connectivity index (χ3n) is 3.15. The minimum atomic E-state index is -0.361. The van der Waals surface area contributed by atoms with E-state index in [2.05, 4.69) is 0 Å². The van der Waals surface area contributed by atoms with Crippen LogP contribution in [0.25, 0.3) is 0 Å². The number of rotatable bonds is 6. The maximum Gasteiger partial charge on any atom is 0.161 e. The summed E-state index contributed by atoms with van der Waals surface area (Å²) in [5.41, 5.74) is 1.67. The van der Waals surface area contributed by atoms with Gasteiger partial charge in [-0.15, -0.1) is 0 Å². The van der Waals surface area contributed by atoms with Gasteiger partial charge in [0.15, 0.2) is 5.78 Å². The molecule has 0 spiro atoms. The Labute approximate surface area is 114 Å². The lowest BCUT2D eigenvalue weighted by atomic mass is 10.0. The van der Waals surface area contributed by atoms with Crippen LogP contribution in [-0.2, 0) is 0 Å².